The average molecular weight is 344 g/mol. The largest absolute Gasteiger partial charge is 0.467 e. The van der Waals surface area contributed by atoms with Gasteiger partial charge in [-0.3, -0.25) is 0 Å². The summed E-state index contributed by atoms with van der Waals surface area (Å²) in [6, 6.07) is 19.1. The SMILES string of the molecule is COC(=O)[C@@H](OCc1ccccc1)[C@@H](O)[C@H](C)OCc1ccccc1. The Hall–Kier alpha value is -2.21. The molecule has 2 aromatic carbocycles. The molecule has 2 rings (SSSR count). The van der Waals surface area contributed by atoms with Gasteiger partial charge < -0.3 is 19.3 Å². The van der Waals surface area contributed by atoms with Crippen LogP contribution in [0.1, 0.15) is 18.1 Å². The third-order valence-corrected chi connectivity index (χ3v) is 3.85. The Kier molecular flexibility index (Phi) is 7.60. The molecule has 134 valence electrons. The van der Waals surface area contributed by atoms with Gasteiger partial charge in [0.25, 0.3) is 0 Å². The highest BCUT2D eigenvalue weighted by molar-refractivity contribution is 5.75. The highest BCUT2D eigenvalue weighted by Gasteiger charge is 2.33. The van der Waals surface area contributed by atoms with Crippen LogP contribution in [0.4, 0.5) is 0 Å². The van der Waals surface area contributed by atoms with E-state index in [1.807, 2.05) is 60.7 Å². The Morgan fingerprint density at radius 1 is 0.920 bits per heavy atom. The summed E-state index contributed by atoms with van der Waals surface area (Å²) in [5.74, 6) is -0.626. The number of aliphatic hydroxyl groups excluding tert-OH is 1. The van der Waals surface area contributed by atoms with E-state index in [1.165, 1.54) is 7.11 Å². The molecular weight excluding hydrogens is 320 g/mol. The molecule has 5 heteroatoms. The summed E-state index contributed by atoms with van der Waals surface area (Å²) < 4.78 is 16.0. The summed E-state index contributed by atoms with van der Waals surface area (Å²) in [6.07, 6.45) is -2.85. The topological polar surface area (TPSA) is 65.0 Å². The third-order valence-electron chi connectivity index (χ3n) is 3.85. The quantitative estimate of drug-likeness (QED) is 0.709. The van der Waals surface area contributed by atoms with Crippen LogP contribution in [0.25, 0.3) is 0 Å². The first-order chi connectivity index (χ1) is 12.1. The second kappa shape index (κ2) is 9.93. The summed E-state index contributed by atoms with van der Waals surface area (Å²) >= 11 is 0. The zero-order chi connectivity index (χ0) is 18.1. The molecule has 2 aromatic rings. The van der Waals surface area contributed by atoms with Crippen LogP contribution in [0.5, 0.6) is 0 Å². The van der Waals surface area contributed by atoms with Crippen molar-refractivity contribution < 1.29 is 24.1 Å². The molecule has 0 unspecified atom stereocenters. The maximum Gasteiger partial charge on any atom is 0.337 e. The molecule has 5 nitrogen and oxygen atoms in total. The lowest BCUT2D eigenvalue weighted by Gasteiger charge is -2.26. The molecule has 0 aliphatic heterocycles. The molecule has 0 saturated carbocycles. The van der Waals surface area contributed by atoms with Crippen molar-refractivity contribution in [1.29, 1.82) is 0 Å². The first-order valence-electron chi connectivity index (χ1n) is 8.18. The van der Waals surface area contributed by atoms with Gasteiger partial charge in [-0.1, -0.05) is 60.7 Å². The number of carbonyl (C=O) groups is 1. The van der Waals surface area contributed by atoms with Crippen LogP contribution in [0.3, 0.4) is 0 Å². The number of aliphatic hydroxyl groups is 1. The van der Waals surface area contributed by atoms with Gasteiger partial charge in [0.15, 0.2) is 6.10 Å². The molecule has 0 bridgehead atoms. The minimum atomic E-state index is -1.14. The fraction of sp³-hybridized carbons (Fsp3) is 0.350. The fourth-order valence-electron chi connectivity index (χ4n) is 2.33. The molecule has 0 amide bonds. The standard InChI is InChI=1S/C20H24O5/c1-15(24-13-16-9-5-3-6-10-16)18(21)19(20(22)23-2)25-14-17-11-7-4-8-12-17/h3-12,15,18-19,21H,13-14H2,1-2H3/t15-,18-,19-/m0/s1. The second-order valence-corrected chi connectivity index (χ2v) is 5.73. The van der Waals surface area contributed by atoms with Crippen LogP contribution in [-0.4, -0.2) is 36.5 Å². The molecule has 0 aliphatic carbocycles. The molecule has 25 heavy (non-hydrogen) atoms. The van der Waals surface area contributed by atoms with Gasteiger partial charge in [-0.25, -0.2) is 4.79 Å². The highest BCUT2D eigenvalue weighted by Crippen LogP contribution is 2.14. The van der Waals surface area contributed by atoms with Crippen molar-refractivity contribution in [1.82, 2.24) is 0 Å². The van der Waals surface area contributed by atoms with Crippen molar-refractivity contribution >= 4 is 5.97 Å². The molecule has 0 heterocycles. The number of hydrogen-bond acceptors (Lipinski definition) is 5. The van der Waals surface area contributed by atoms with E-state index in [-0.39, 0.29) is 6.61 Å². The summed E-state index contributed by atoms with van der Waals surface area (Å²) in [5.41, 5.74) is 1.89. The van der Waals surface area contributed by atoms with Crippen molar-refractivity contribution in [2.45, 2.75) is 38.4 Å². The van der Waals surface area contributed by atoms with Crippen LogP contribution in [-0.2, 0) is 32.2 Å². The molecule has 0 saturated heterocycles. The Bertz CT molecular complexity index is 629. The van der Waals surface area contributed by atoms with Gasteiger partial charge in [0.05, 0.1) is 26.4 Å². The van der Waals surface area contributed by atoms with Crippen LogP contribution in [0.15, 0.2) is 60.7 Å². The fourth-order valence-corrected chi connectivity index (χ4v) is 2.33. The maximum absolute atomic E-state index is 12.0. The molecular formula is C20H24O5. The van der Waals surface area contributed by atoms with Crippen molar-refractivity contribution in [3.05, 3.63) is 71.8 Å². The van der Waals surface area contributed by atoms with Gasteiger partial charge in [-0.05, 0) is 18.1 Å². The monoisotopic (exact) mass is 344 g/mol. The minimum Gasteiger partial charge on any atom is -0.467 e. The number of benzene rings is 2. The molecule has 3 atom stereocenters. The normalized spacial score (nSPS) is 14.5. The summed E-state index contributed by atoms with van der Waals surface area (Å²) in [4.78, 5) is 12.0. The maximum atomic E-state index is 12.0. The van der Waals surface area contributed by atoms with E-state index in [1.54, 1.807) is 6.92 Å². The van der Waals surface area contributed by atoms with Gasteiger partial charge in [-0.2, -0.15) is 0 Å². The number of hydrogen-bond donors (Lipinski definition) is 1. The van der Waals surface area contributed by atoms with Gasteiger partial charge >= 0.3 is 5.97 Å². The number of esters is 1. The van der Waals surface area contributed by atoms with Gasteiger partial charge in [0.2, 0.25) is 0 Å². The second-order valence-electron chi connectivity index (χ2n) is 5.73. The first-order valence-corrected chi connectivity index (χ1v) is 8.18. The number of ether oxygens (including phenoxy) is 3. The molecule has 0 aromatic heterocycles. The first kappa shape index (κ1) is 19.1. The highest BCUT2D eigenvalue weighted by atomic mass is 16.6. The lowest BCUT2D eigenvalue weighted by Crippen LogP contribution is -2.44. The Labute approximate surface area is 148 Å². The van der Waals surface area contributed by atoms with E-state index < -0.39 is 24.3 Å². The number of methoxy groups -OCH3 is 1. The minimum absolute atomic E-state index is 0.197. The van der Waals surface area contributed by atoms with Crippen molar-refractivity contribution in [2.24, 2.45) is 0 Å². The molecule has 1 N–H and O–H groups in total. The van der Waals surface area contributed by atoms with E-state index >= 15 is 0 Å². The number of rotatable bonds is 9. The van der Waals surface area contributed by atoms with Gasteiger partial charge in [0, 0.05) is 0 Å². The summed E-state index contributed by atoms with van der Waals surface area (Å²) in [6.45, 7) is 2.24. The lowest BCUT2D eigenvalue weighted by molar-refractivity contribution is -0.172. The lowest BCUT2D eigenvalue weighted by atomic mass is 10.1. The average Bonchev–Trinajstić information content (AvgIpc) is 2.67. The van der Waals surface area contributed by atoms with Crippen molar-refractivity contribution in [2.75, 3.05) is 7.11 Å². The van der Waals surface area contributed by atoms with Gasteiger partial charge in [-0.15, -0.1) is 0 Å². The predicted molar refractivity (Wildman–Crippen MR) is 93.7 cm³/mol. The molecule has 0 fully saturated rings. The summed E-state index contributed by atoms with van der Waals surface area (Å²) in [5, 5.41) is 10.5. The molecule has 0 spiro atoms. The van der Waals surface area contributed by atoms with Crippen molar-refractivity contribution in [3.63, 3.8) is 0 Å². The predicted octanol–water partition coefficient (Wildman–Crippen LogP) is 2.71. The third kappa shape index (κ3) is 5.98. The zero-order valence-electron chi connectivity index (χ0n) is 14.5. The van der Waals surface area contributed by atoms with Crippen LogP contribution in [0.2, 0.25) is 0 Å². The van der Waals surface area contributed by atoms with Crippen LogP contribution in [0, 0.1) is 0 Å². The van der Waals surface area contributed by atoms with Gasteiger partial charge in [0.1, 0.15) is 6.10 Å². The van der Waals surface area contributed by atoms with E-state index in [9.17, 15) is 9.90 Å². The number of carbonyl (C=O) groups excluding carboxylic acids is 1. The Morgan fingerprint density at radius 3 is 1.88 bits per heavy atom. The van der Waals surface area contributed by atoms with Crippen LogP contribution < -0.4 is 0 Å². The van der Waals surface area contributed by atoms with E-state index in [4.69, 9.17) is 14.2 Å². The smallest absolute Gasteiger partial charge is 0.337 e. The molecule has 0 radical (unpaired) electrons. The Balaban J connectivity index is 1.94. The zero-order valence-corrected chi connectivity index (χ0v) is 14.5. The molecule has 0 aliphatic rings. The van der Waals surface area contributed by atoms with Crippen LogP contribution >= 0.6 is 0 Å². The van der Waals surface area contributed by atoms with E-state index in [0.29, 0.717) is 6.61 Å². The van der Waals surface area contributed by atoms with E-state index in [2.05, 4.69) is 0 Å². The van der Waals surface area contributed by atoms with Crippen molar-refractivity contribution in [3.8, 4) is 0 Å². The Morgan fingerprint density at radius 2 is 1.40 bits per heavy atom. The van der Waals surface area contributed by atoms with E-state index in [0.717, 1.165) is 11.1 Å². The summed E-state index contributed by atoms with van der Waals surface area (Å²) in [7, 11) is 1.27.